The second-order valence-electron chi connectivity index (χ2n) is 8.75. The minimum Gasteiger partial charge on any atom is -0.486 e. The number of urea groups is 1. The predicted molar refractivity (Wildman–Crippen MR) is 123 cm³/mol. The van der Waals surface area contributed by atoms with Gasteiger partial charge < -0.3 is 29.7 Å². The summed E-state index contributed by atoms with van der Waals surface area (Å²) in [6, 6.07) is 10.9. The van der Waals surface area contributed by atoms with Crippen LogP contribution in [0.3, 0.4) is 0 Å². The molecule has 0 saturated heterocycles. The summed E-state index contributed by atoms with van der Waals surface area (Å²) in [6.07, 6.45) is 3.33. The Morgan fingerprint density at radius 3 is 2.67 bits per heavy atom. The van der Waals surface area contributed by atoms with Crippen LogP contribution in [0.5, 0.6) is 11.5 Å². The van der Waals surface area contributed by atoms with Crippen LogP contribution in [0.2, 0.25) is 0 Å². The van der Waals surface area contributed by atoms with Gasteiger partial charge in [-0.3, -0.25) is 4.98 Å². The fourth-order valence-corrected chi connectivity index (χ4v) is 3.18. The lowest BCUT2D eigenvalue weighted by atomic mass is 10.2. The molecule has 178 valence electrons. The van der Waals surface area contributed by atoms with Crippen molar-refractivity contribution >= 4 is 12.1 Å². The van der Waals surface area contributed by atoms with E-state index in [0.29, 0.717) is 50.7 Å². The molecule has 0 saturated carbocycles. The van der Waals surface area contributed by atoms with Gasteiger partial charge in [0.05, 0.1) is 13.1 Å². The highest BCUT2D eigenvalue weighted by Crippen LogP contribution is 2.30. The Balaban J connectivity index is 1.40. The van der Waals surface area contributed by atoms with Gasteiger partial charge in [0.25, 0.3) is 0 Å². The third-order valence-electron chi connectivity index (χ3n) is 4.70. The number of carbonyl (C=O) groups is 2. The molecule has 2 heterocycles. The van der Waals surface area contributed by atoms with Gasteiger partial charge in [-0.2, -0.15) is 0 Å². The van der Waals surface area contributed by atoms with Gasteiger partial charge in [0.1, 0.15) is 12.2 Å². The van der Waals surface area contributed by atoms with Crippen molar-refractivity contribution in [2.45, 2.75) is 45.4 Å². The zero-order valence-corrected chi connectivity index (χ0v) is 19.4. The van der Waals surface area contributed by atoms with Gasteiger partial charge in [-0.1, -0.05) is 18.2 Å². The van der Waals surface area contributed by atoms with Crippen LogP contribution in [0.25, 0.3) is 0 Å². The summed E-state index contributed by atoms with van der Waals surface area (Å²) >= 11 is 0. The summed E-state index contributed by atoms with van der Waals surface area (Å²) in [7, 11) is 0. The molecule has 0 radical (unpaired) electrons. The van der Waals surface area contributed by atoms with Crippen LogP contribution in [-0.4, -0.2) is 60.0 Å². The molecular formula is C24H32N4O5. The van der Waals surface area contributed by atoms with Crippen LogP contribution in [0.15, 0.2) is 48.8 Å². The SMILES string of the molecule is CC(C)(C)OC(=O)N(CCCNC(=O)NC[C@@H]1COc2ccccc2O1)Cc1cccnc1. The topological polar surface area (TPSA) is 102 Å². The molecule has 0 unspecified atom stereocenters. The predicted octanol–water partition coefficient (Wildman–Crippen LogP) is 3.35. The number of carbonyl (C=O) groups excluding carboxylic acids is 2. The quantitative estimate of drug-likeness (QED) is 0.591. The molecule has 1 aromatic carbocycles. The van der Waals surface area contributed by atoms with Crippen molar-refractivity contribution < 1.29 is 23.8 Å². The normalized spacial score (nSPS) is 14.8. The minimum absolute atomic E-state index is 0.257. The van der Waals surface area contributed by atoms with Crippen molar-refractivity contribution in [3.8, 4) is 11.5 Å². The number of ether oxygens (including phenoxy) is 3. The first kappa shape index (κ1) is 24.2. The van der Waals surface area contributed by atoms with E-state index in [4.69, 9.17) is 14.2 Å². The van der Waals surface area contributed by atoms with E-state index in [1.54, 1.807) is 17.3 Å². The molecule has 0 fully saturated rings. The van der Waals surface area contributed by atoms with Gasteiger partial charge >= 0.3 is 12.1 Å². The first-order chi connectivity index (χ1) is 15.8. The zero-order chi connectivity index (χ0) is 23.7. The molecule has 3 rings (SSSR count). The zero-order valence-electron chi connectivity index (χ0n) is 19.4. The number of pyridine rings is 1. The number of rotatable bonds is 8. The standard InChI is InChI=1S/C24H32N4O5/c1-24(2,3)33-23(30)28(16-18-8-6-11-25-14-18)13-7-12-26-22(29)27-15-19-17-31-20-9-4-5-10-21(20)32-19/h4-6,8-11,14,19H,7,12-13,15-17H2,1-3H3,(H2,26,27,29)/t19-/m1/s1. The van der Waals surface area contributed by atoms with E-state index < -0.39 is 11.7 Å². The second kappa shape index (κ2) is 11.4. The minimum atomic E-state index is -0.589. The number of fused-ring (bicyclic) bond motifs is 1. The summed E-state index contributed by atoms with van der Waals surface area (Å²) in [5.74, 6) is 1.38. The number of nitrogens with zero attached hydrogens (tertiary/aromatic N) is 2. The first-order valence-corrected chi connectivity index (χ1v) is 11.1. The van der Waals surface area contributed by atoms with Crippen LogP contribution in [-0.2, 0) is 11.3 Å². The summed E-state index contributed by atoms with van der Waals surface area (Å²) in [4.78, 5) is 30.5. The van der Waals surface area contributed by atoms with Crippen LogP contribution < -0.4 is 20.1 Å². The molecule has 2 N–H and O–H groups in total. The number of nitrogens with one attached hydrogen (secondary N) is 2. The van der Waals surface area contributed by atoms with E-state index in [1.165, 1.54) is 0 Å². The number of benzene rings is 1. The average molecular weight is 457 g/mol. The number of aromatic nitrogens is 1. The van der Waals surface area contributed by atoms with Gasteiger partial charge in [-0.05, 0) is 51.0 Å². The molecule has 33 heavy (non-hydrogen) atoms. The third kappa shape index (κ3) is 8.17. The fourth-order valence-electron chi connectivity index (χ4n) is 3.18. The number of hydrogen-bond donors (Lipinski definition) is 2. The van der Waals surface area contributed by atoms with Crippen LogP contribution in [0, 0.1) is 0 Å². The summed E-state index contributed by atoms with van der Waals surface area (Å²) < 4.78 is 17.0. The molecule has 1 aliphatic heterocycles. The number of para-hydroxylation sites is 2. The molecule has 9 heteroatoms. The fraction of sp³-hybridized carbons (Fsp3) is 0.458. The van der Waals surface area contributed by atoms with E-state index in [2.05, 4.69) is 15.6 Å². The molecular weight excluding hydrogens is 424 g/mol. The maximum Gasteiger partial charge on any atom is 0.410 e. The molecule has 2 aromatic rings. The largest absolute Gasteiger partial charge is 0.486 e. The van der Waals surface area contributed by atoms with E-state index >= 15 is 0 Å². The average Bonchev–Trinajstić information content (AvgIpc) is 2.79. The van der Waals surface area contributed by atoms with Crippen LogP contribution >= 0.6 is 0 Å². The highest BCUT2D eigenvalue weighted by molar-refractivity contribution is 5.73. The lowest BCUT2D eigenvalue weighted by Gasteiger charge is -2.27. The van der Waals surface area contributed by atoms with Crippen LogP contribution in [0.1, 0.15) is 32.8 Å². The molecule has 0 bridgehead atoms. The summed E-state index contributed by atoms with van der Waals surface area (Å²) in [6.45, 7) is 7.41. The maximum atomic E-state index is 12.6. The Hall–Kier alpha value is -3.49. The third-order valence-corrected chi connectivity index (χ3v) is 4.70. The highest BCUT2D eigenvalue weighted by atomic mass is 16.6. The van der Waals surface area contributed by atoms with E-state index in [0.717, 1.165) is 5.56 Å². The van der Waals surface area contributed by atoms with E-state index in [9.17, 15) is 9.59 Å². The molecule has 0 spiro atoms. The van der Waals surface area contributed by atoms with E-state index in [1.807, 2.05) is 57.2 Å². The van der Waals surface area contributed by atoms with Crippen molar-refractivity contribution in [3.63, 3.8) is 0 Å². The van der Waals surface area contributed by atoms with Gasteiger partial charge in [-0.15, -0.1) is 0 Å². The Morgan fingerprint density at radius 1 is 1.15 bits per heavy atom. The van der Waals surface area contributed by atoms with Crippen molar-refractivity contribution in [1.82, 2.24) is 20.5 Å². The first-order valence-electron chi connectivity index (χ1n) is 11.1. The van der Waals surface area contributed by atoms with Crippen LogP contribution in [0.4, 0.5) is 9.59 Å². The van der Waals surface area contributed by atoms with Crippen molar-refractivity contribution in [1.29, 1.82) is 0 Å². The Labute approximate surface area is 194 Å². The van der Waals surface area contributed by atoms with Crippen molar-refractivity contribution in [2.24, 2.45) is 0 Å². The summed E-state index contributed by atoms with van der Waals surface area (Å²) in [5.41, 5.74) is 0.318. The molecule has 0 aliphatic carbocycles. The molecule has 1 aromatic heterocycles. The number of amides is 3. The molecule has 3 amide bonds. The van der Waals surface area contributed by atoms with Gasteiger partial charge in [-0.25, -0.2) is 9.59 Å². The monoisotopic (exact) mass is 456 g/mol. The summed E-state index contributed by atoms with van der Waals surface area (Å²) in [5, 5.41) is 5.61. The lowest BCUT2D eigenvalue weighted by molar-refractivity contribution is 0.0232. The lowest BCUT2D eigenvalue weighted by Crippen LogP contribution is -2.45. The van der Waals surface area contributed by atoms with Crippen molar-refractivity contribution in [2.75, 3.05) is 26.2 Å². The molecule has 1 aliphatic rings. The van der Waals surface area contributed by atoms with Gasteiger partial charge in [0, 0.05) is 25.5 Å². The molecule has 1 atom stereocenters. The Bertz CT molecular complexity index is 917. The Morgan fingerprint density at radius 2 is 1.94 bits per heavy atom. The second-order valence-corrected chi connectivity index (χ2v) is 8.75. The van der Waals surface area contributed by atoms with E-state index in [-0.39, 0.29) is 12.1 Å². The molecule has 9 nitrogen and oxygen atoms in total. The maximum absolute atomic E-state index is 12.6. The Kier molecular flexibility index (Phi) is 8.34. The smallest absolute Gasteiger partial charge is 0.410 e. The van der Waals surface area contributed by atoms with Gasteiger partial charge in [0.2, 0.25) is 0 Å². The highest BCUT2D eigenvalue weighted by Gasteiger charge is 2.23. The number of hydrogen-bond acceptors (Lipinski definition) is 6. The van der Waals surface area contributed by atoms with Crippen molar-refractivity contribution in [3.05, 3.63) is 54.4 Å². The van der Waals surface area contributed by atoms with Gasteiger partial charge in [0.15, 0.2) is 17.6 Å².